The number of rotatable bonds is 6. The van der Waals surface area contributed by atoms with Gasteiger partial charge in [0.1, 0.15) is 0 Å². The van der Waals surface area contributed by atoms with Crippen LogP contribution in [0.4, 0.5) is 0 Å². The average molecular weight is 715 g/mol. The summed E-state index contributed by atoms with van der Waals surface area (Å²) in [5.74, 6) is 0.584. The van der Waals surface area contributed by atoms with Crippen LogP contribution in [0.5, 0.6) is 0 Å². The molecule has 6 aromatic carbocycles. The third-order valence-electron chi connectivity index (χ3n) is 7.59. The predicted molar refractivity (Wildman–Crippen MR) is 185 cm³/mol. The smallest absolute Gasteiger partial charge is 1.00 e. The zero-order valence-corrected chi connectivity index (χ0v) is 31.9. The van der Waals surface area contributed by atoms with Gasteiger partial charge in [0, 0.05) is 0 Å². The van der Waals surface area contributed by atoms with Gasteiger partial charge in [-0.25, -0.2) is 0 Å². The van der Waals surface area contributed by atoms with Crippen LogP contribution in [-0.4, -0.2) is 5.43 Å². The van der Waals surface area contributed by atoms with E-state index in [0.717, 1.165) is 0 Å². The Morgan fingerprint density at radius 2 is 1.27 bits per heavy atom. The Morgan fingerprint density at radius 3 is 1.82 bits per heavy atom. The Hall–Kier alpha value is -2.22. The summed E-state index contributed by atoms with van der Waals surface area (Å²) in [6.07, 6.45) is 3.72. The van der Waals surface area contributed by atoms with Crippen molar-refractivity contribution in [3.8, 4) is 22.3 Å². The Kier molecular flexibility index (Phi) is 16.1. The summed E-state index contributed by atoms with van der Waals surface area (Å²) in [5.41, 5.74) is 9.79. The molecule has 0 amide bonds. The molecule has 0 nitrogen and oxygen atoms in total. The van der Waals surface area contributed by atoms with E-state index >= 15 is 0 Å². The molecule has 0 spiro atoms. The Balaban J connectivity index is 0.000000264. The van der Waals surface area contributed by atoms with E-state index in [-0.39, 0.29) is 30.2 Å². The molecule has 44 heavy (non-hydrogen) atoms. The molecule has 0 heterocycles. The van der Waals surface area contributed by atoms with Crippen LogP contribution in [0.3, 0.4) is 0 Å². The summed E-state index contributed by atoms with van der Waals surface area (Å²) in [5, 5.41) is 5.53. The summed E-state index contributed by atoms with van der Waals surface area (Å²) in [7, 11) is 0. The first-order valence-corrected chi connectivity index (χ1v) is 21.5. The van der Waals surface area contributed by atoms with Gasteiger partial charge < -0.3 is 24.8 Å². The van der Waals surface area contributed by atoms with Crippen molar-refractivity contribution in [1.82, 2.24) is 0 Å². The van der Waals surface area contributed by atoms with Gasteiger partial charge in [0.2, 0.25) is 0 Å². The van der Waals surface area contributed by atoms with Crippen molar-refractivity contribution in [3.05, 3.63) is 132 Å². The minimum atomic E-state index is 0. The molecule has 0 aliphatic rings. The molecule has 0 saturated heterocycles. The van der Waals surface area contributed by atoms with Gasteiger partial charge in [-0.1, -0.05) is 124 Å². The van der Waals surface area contributed by atoms with Crippen LogP contribution >= 0.6 is 0 Å². The summed E-state index contributed by atoms with van der Waals surface area (Å²) in [6, 6.07) is 41.8. The quantitative estimate of drug-likeness (QED) is 0.146. The van der Waals surface area contributed by atoms with Gasteiger partial charge in [-0.2, -0.15) is 12.1 Å². The van der Waals surface area contributed by atoms with Gasteiger partial charge in [-0.05, 0) is 23.5 Å². The van der Waals surface area contributed by atoms with Crippen LogP contribution in [-0.2, 0) is 29.8 Å². The third-order valence-corrected chi connectivity index (χ3v) is 7.59. The van der Waals surface area contributed by atoms with Gasteiger partial charge in [-0.15, -0.1) is 68.6 Å². The molecular weight excluding hydrogens is 671 g/mol. The number of benzene rings is 4. The van der Waals surface area contributed by atoms with Gasteiger partial charge in [0.25, 0.3) is 0 Å². The number of fused-ring (bicyclic) bond motifs is 2. The number of aryl methyl sites for hydroxylation is 2. The Bertz CT molecular complexity index is 1730. The monoisotopic (exact) mass is 712 g/mol. The van der Waals surface area contributed by atoms with Gasteiger partial charge in [0.05, 0.1) is 0 Å². The molecule has 6 aromatic rings. The summed E-state index contributed by atoms with van der Waals surface area (Å²) in [6.45, 7) is 13.6. The van der Waals surface area contributed by atoms with E-state index in [1.807, 2.05) is 0 Å². The first-order chi connectivity index (χ1) is 20.3. The molecule has 0 bridgehead atoms. The zero-order valence-electron chi connectivity index (χ0n) is 26.9. The molecule has 0 saturated carbocycles. The van der Waals surface area contributed by atoms with Crippen molar-refractivity contribution < 1.29 is 48.1 Å². The van der Waals surface area contributed by atoms with E-state index < -0.39 is 0 Å². The van der Waals surface area contributed by atoms with Crippen LogP contribution in [0.2, 0.25) is 13.1 Å². The average Bonchev–Trinajstić information content (AvgIpc) is 3.63. The van der Waals surface area contributed by atoms with Crippen molar-refractivity contribution in [2.24, 2.45) is 0 Å². The van der Waals surface area contributed by atoms with Crippen LogP contribution in [0.25, 0.3) is 43.8 Å². The normalized spacial score (nSPS) is 10.3. The van der Waals surface area contributed by atoms with Crippen LogP contribution < -0.4 is 24.8 Å². The van der Waals surface area contributed by atoms with Gasteiger partial charge in [0.15, 0.2) is 0 Å². The number of halogens is 2. The largest absolute Gasteiger partial charge is 1.00 e. The second-order valence-corrected chi connectivity index (χ2v) is 21.1. The first kappa shape index (κ1) is 38.0. The first-order valence-electron chi connectivity index (χ1n) is 15.3. The molecule has 0 atom stereocenters. The van der Waals surface area contributed by atoms with E-state index in [2.05, 4.69) is 156 Å². The van der Waals surface area contributed by atoms with Gasteiger partial charge >= 0.3 is 41.9 Å². The maximum Gasteiger partial charge on any atom is -1.00 e. The molecule has 0 radical (unpaired) electrons. The minimum absolute atomic E-state index is 0. The predicted octanol–water partition coefficient (Wildman–Crippen LogP) is 6.02. The molecule has 0 unspecified atom stereocenters. The van der Waals surface area contributed by atoms with E-state index in [0.29, 0.717) is 5.92 Å². The van der Waals surface area contributed by atoms with E-state index in [1.165, 1.54) is 79.8 Å². The molecule has 4 heteroatoms. The van der Waals surface area contributed by atoms with Crippen molar-refractivity contribution in [1.29, 1.82) is 0 Å². The number of unbranched alkanes of at least 4 members (excludes halogenated alkanes) is 1. The maximum atomic E-state index is 2.39. The minimum Gasteiger partial charge on any atom is -1.00 e. The fourth-order valence-electron chi connectivity index (χ4n) is 5.36. The molecule has 228 valence electrons. The Morgan fingerprint density at radius 1 is 0.705 bits per heavy atom. The zero-order chi connectivity index (χ0) is 30.1. The third kappa shape index (κ3) is 10.1. The summed E-state index contributed by atoms with van der Waals surface area (Å²) < 4.78 is 0. The van der Waals surface area contributed by atoms with Crippen molar-refractivity contribution in [3.63, 3.8) is 0 Å². The topological polar surface area (TPSA) is 0 Å². The van der Waals surface area contributed by atoms with Gasteiger partial charge in [-0.3, -0.25) is 0 Å². The standard InChI is InChI=1S/C20H21.C18H17.C2H6Si.2ClH.Zr/c1-3-4-8-16-13-19-15(2)11-12-18(20(19)14-16)17-9-6-5-7-10-17;1-13(2)16-11-15-9-6-10-17(18(15)12-16)14-7-4-3-5-8-14;1-3-2;;;/h5-7,9-14H,3-4,8H2,1-2H3;3-13H,1-2H3;1-2H3;2*1H;/q2*-1;;;;+2/p-2. The number of hydrogen-bond acceptors (Lipinski definition) is 0. The van der Waals surface area contributed by atoms with Crippen molar-refractivity contribution in [2.75, 3.05) is 0 Å². The van der Waals surface area contributed by atoms with Crippen molar-refractivity contribution >= 4 is 27.0 Å². The van der Waals surface area contributed by atoms with Crippen LogP contribution in [0, 0.1) is 6.92 Å². The molecular formula is C40H44Cl2SiZr-2. The molecule has 0 N–H and O–H groups in total. The fourth-order valence-corrected chi connectivity index (χ4v) is 5.36. The fraction of sp³-hybridized carbons (Fsp3) is 0.250. The summed E-state index contributed by atoms with van der Waals surface area (Å²) in [4.78, 5) is 0. The van der Waals surface area contributed by atoms with E-state index in [4.69, 9.17) is 0 Å². The van der Waals surface area contributed by atoms with Crippen LogP contribution in [0.1, 0.15) is 56.2 Å². The Labute approximate surface area is 293 Å². The number of hydrogen-bond donors (Lipinski definition) is 0. The SMILES string of the molecule is CC(C)c1cc2c(-c3ccccc3)cccc2[cH-]1.CCCCc1cc2c(-c3ccccc3)ccc(C)c2[cH-]1.C[Si](C)=[Zr+2].[Cl-].[Cl-]. The molecule has 0 aliphatic heterocycles. The molecule has 6 rings (SSSR count). The summed E-state index contributed by atoms with van der Waals surface area (Å²) >= 11 is 1.74. The van der Waals surface area contributed by atoms with E-state index in [1.54, 1.807) is 23.3 Å². The molecule has 0 fully saturated rings. The van der Waals surface area contributed by atoms with Crippen LogP contribution in [0.15, 0.2) is 115 Å². The molecule has 0 aromatic heterocycles. The second-order valence-electron chi connectivity index (χ2n) is 11.7. The molecule has 0 aliphatic carbocycles. The van der Waals surface area contributed by atoms with E-state index in [9.17, 15) is 0 Å². The van der Waals surface area contributed by atoms with Crippen molar-refractivity contribution in [2.45, 2.75) is 66.0 Å². The maximum absolute atomic E-state index is 2.39. The second kappa shape index (κ2) is 18.7.